The average Bonchev–Trinajstić information content (AvgIpc) is 2.82. The standard InChI is InChI=1S/C18H19N3O2/c22-17-13-7-4-8-14-16(13)21(18(23)20-14)10-9-15(17)19-11-12-5-2-1-3-6-12/h1-8,15,17,19,22H,9-11H2,(H,20,23). The number of hydrogen-bond donors (Lipinski definition) is 3. The highest BCUT2D eigenvalue weighted by Crippen LogP contribution is 2.29. The molecule has 4 rings (SSSR count). The van der Waals surface area contributed by atoms with E-state index in [4.69, 9.17) is 0 Å². The highest BCUT2D eigenvalue weighted by molar-refractivity contribution is 5.79. The van der Waals surface area contributed by atoms with Crippen molar-refractivity contribution in [1.82, 2.24) is 14.9 Å². The number of para-hydroxylation sites is 1. The largest absolute Gasteiger partial charge is 0.387 e. The highest BCUT2D eigenvalue weighted by atomic mass is 16.3. The van der Waals surface area contributed by atoms with Crippen molar-refractivity contribution in [3.05, 3.63) is 70.1 Å². The Morgan fingerprint density at radius 2 is 2.00 bits per heavy atom. The number of rotatable bonds is 3. The number of aromatic nitrogens is 2. The van der Waals surface area contributed by atoms with Crippen LogP contribution in [-0.4, -0.2) is 20.7 Å². The third kappa shape index (κ3) is 2.48. The van der Waals surface area contributed by atoms with Gasteiger partial charge in [-0.25, -0.2) is 4.79 Å². The number of imidazole rings is 1. The number of H-pyrrole nitrogens is 1. The lowest BCUT2D eigenvalue weighted by Crippen LogP contribution is -2.35. The Balaban J connectivity index is 1.64. The lowest BCUT2D eigenvalue weighted by molar-refractivity contribution is 0.124. The maximum Gasteiger partial charge on any atom is 0.326 e. The van der Waals surface area contributed by atoms with E-state index < -0.39 is 6.10 Å². The van der Waals surface area contributed by atoms with Gasteiger partial charge in [0, 0.05) is 24.7 Å². The molecule has 0 saturated carbocycles. The maximum atomic E-state index is 12.1. The Morgan fingerprint density at radius 3 is 2.83 bits per heavy atom. The second-order valence-corrected chi connectivity index (χ2v) is 6.03. The van der Waals surface area contributed by atoms with Gasteiger partial charge < -0.3 is 15.4 Å². The van der Waals surface area contributed by atoms with Crippen LogP contribution in [-0.2, 0) is 13.1 Å². The fourth-order valence-electron chi connectivity index (χ4n) is 3.40. The first-order chi connectivity index (χ1) is 11.2. The van der Waals surface area contributed by atoms with Crippen LogP contribution in [0, 0.1) is 0 Å². The number of aliphatic hydroxyl groups excluding tert-OH is 1. The molecule has 0 aliphatic carbocycles. The molecule has 0 fully saturated rings. The second kappa shape index (κ2) is 5.68. The summed E-state index contributed by atoms with van der Waals surface area (Å²) in [6, 6.07) is 15.7. The van der Waals surface area contributed by atoms with E-state index in [1.165, 1.54) is 5.56 Å². The molecular formula is C18H19N3O2. The van der Waals surface area contributed by atoms with Crippen LogP contribution in [0.2, 0.25) is 0 Å². The second-order valence-electron chi connectivity index (χ2n) is 6.03. The summed E-state index contributed by atoms with van der Waals surface area (Å²) in [5.74, 6) is 0. The number of hydrogen-bond acceptors (Lipinski definition) is 3. The zero-order chi connectivity index (χ0) is 15.8. The molecule has 0 radical (unpaired) electrons. The fourth-order valence-corrected chi connectivity index (χ4v) is 3.40. The van der Waals surface area contributed by atoms with E-state index in [1.807, 2.05) is 36.4 Å². The van der Waals surface area contributed by atoms with Crippen LogP contribution in [0.25, 0.3) is 11.0 Å². The Hall–Kier alpha value is -2.37. The molecule has 0 amide bonds. The number of aromatic amines is 1. The molecular weight excluding hydrogens is 290 g/mol. The first kappa shape index (κ1) is 14.2. The van der Waals surface area contributed by atoms with E-state index in [-0.39, 0.29) is 11.7 Å². The number of nitrogens with zero attached hydrogens (tertiary/aromatic N) is 1. The van der Waals surface area contributed by atoms with E-state index >= 15 is 0 Å². The monoisotopic (exact) mass is 309 g/mol. The number of aliphatic hydroxyl groups is 1. The molecule has 5 heteroatoms. The fraction of sp³-hybridized carbons (Fsp3) is 0.278. The number of benzene rings is 2. The minimum absolute atomic E-state index is 0.0832. The van der Waals surface area contributed by atoms with Crippen LogP contribution in [0.4, 0.5) is 0 Å². The van der Waals surface area contributed by atoms with Crippen molar-refractivity contribution in [2.75, 3.05) is 0 Å². The van der Waals surface area contributed by atoms with Gasteiger partial charge in [-0.15, -0.1) is 0 Å². The predicted octanol–water partition coefficient (Wildman–Crippen LogP) is 1.93. The van der Waals surface area contributed by atoms with Crippen molar-refractivity contribution in [3.8, 4) is 0 Å². The Kier molecular flexibility index (Phi) is 3.52. The number of aryl methyl sites for hydroxylation is 1. The Morgan fingerprint density at radius 1 is 1.17 bits per heavy atom. The summed E-state index contributed by atoms with van der Waals surface area (Å²) in [5, 5.41) is 14.2. The van der Waals surface area contributed by atoms with Gasteiger partial charge in [-0.3, -0.25) is 4.57 Å². The van der Waals surface area contributed by atoms with Crippen LogP contribution in [0.15, 0.2) is 53.3 Å². The SMILES string of the molecule is O=c1[nH]c2cccc3c2n1CCC(NCc1ccccc1)C3O. The average molecular weight is 309 g/mol. The summed E-state index contributed by atoms with van der Waals surface area (Å²) in [4.78, 5) is 15.0. The van der Waals surface area contributed by atoms with Crippen LogP contribution in [0.1, 0.15) is 23.7 Å². The van der Waals surface area contributed by atoms with Gasteiger partial charge >= 0.3 is 5.69 Å². The Bertz CT molecular complexity index is 882. The summed E-state index contributed by atoms with van der Waals surface area (Å²) >= 11 is 0. The Labute approximate surface area is 133 Å². The van der Waals surface area contributed by atoms with Gasteiger partial charge in [0.05, 0.1) is 17.1 Å². The van der Waals surface area contributed by atoms with Gasteiger partial charge in [-0.2, -0.15) is 0 Å². The van der Waals surface area contributed by atoms with Crippen molar-refractivity contribution in [1.29, 1.82) is 0 Å². The van der Waals surface area contributed by atoms with E-state index in [0.29, 0.717) is 19.5 Å². The van der Waals surface area contributed by atoms with Crippen LogP contribution in [0.3, 0.4) is 0 Å². The van der Waals surface area contributed by atoms with Crippen LogP contribution >= 0.6 is 0 Å². The molecule has 2 heterocycles. The molecule has 1 aromatic heterocycles. The molecule has 23 heavy (non-hydrogen) atoms. The summed E-state index contributed by atoms with van der Waals surface area (Å²) in [6.07, 6.45) is 0.0709. The van der Waals surface area contributed by atoms with Crippen LogP contribution in [0.5, 0.6) is 0 Å². The van der Waals surface area contributed by atoms with Gasteiger partial charge in [0.2, 0.25) is 0 Å². The molecule has 2 atom stereocenters. The van der Waals surface area contributed by atoms with Crippen molar-refractivity contribution < 1.29 is 5.11 Å². The van der Waals surface area contributed by atoms with E-state index in [0.717, 1.165) is 16.6 Å². The first-order valence-electron chi connectivity index (χ1n) is 7.91. The quantitative estimate of drug-likeness (QED) is 0.692. The van der Waals surface area contributed by atoms with E-state index in [1.54, 1.807) is 4.57 Å². The van der Waals surface area contributed by atoms with Gasteiger partial charge in [0.25, 0.3) is 0 Å². The van der Waals surface area contributed by atoms with Gasteiger partial charge in [-0.1, -0.05) is 42.5 Å². The molecule has 0 bridgehead atoms. The summed E-state index contributed by atoms with van der Waals surface area (Å²) in [7, 11) is 0. The maximum absolute atomic E-state index is 12.1. The molecule has 3 aromatic rings. The third-order valence-corrected chi connectivity index (χ3v) is 4.60. The van der Waals surface area contributed by atoms with Crippen molar-refractivity contribution in [2.45, 2.75) is 31.7 Å². The molecule has 5 nitrogen and oxygen atoms in total. The van der Waals surface area contributed by atoms with Crippen molar-refractivity contribution in [3.63, 3.8) is 0 Å². The number of nitrogens with one attached hydrogen (secondary N) is 2. The molecule has 0 spiro atoms. The van der Waals surface area contributed by atoms with Crippen molar-refractivity contribution >= 4 is 11.0 Å². The molecule has 2 unspecified atom stereocenters. The van der Waals surface area contributed by atoms with E-state index in [9.17, 15) is 9.90 Å². The zero-order valence-corrected chi connectivity index (χ0v) is 12.7. The first-order valence-corrected chi connectivity index (χ1v) is 7.91. The van der Waals surface area contributed by atoms with Gasteiger partial charge in [0.15, 0.2) is 0 Å². The predicted molar refractivity (Wildman–Crippen MR) is 89.2 cm³/mol. The zero-order valence-electron chi connectivity index (χ0n) is 12.7. The smallest absolute Gasteiger partial charge is 0.326 e. The third-order valence-electron chi connectivity index (χ3n) is 4.60. The van der Waals surface area contributed by atoms with Gasteiger partial charge in [0.1, 0.15) is 0 Å². The molecule has 1 aliphatic rings. The van der Waals surface area contributed by atoms with E-state index in [2.05, 4.69) is 22.4 Å². The summed E-state index contributed by atoms with van der Waals surface area (Å²) in [5.41, 5.74) is 3.50. The molecule has 3 N–H and O–H groups in total. The summed E-state index contributed by atoms with van der Waals surface area (Å²) in [6.45, 7) is 1.29. The lowest BCUT2D eigenvalue weighted by atomic mass is 9.99. The summed E-state index contributed by atoms with van der Waals surface area (Å²) < 4.78 is 1.73. The molecule has 118 valence electrons. The molecule has 1 aliphatic heterocycles. The normalized spacial score (nSPS) is 20.6. The lowest BCUT2D eigenvalue weighted by Gasteiger charge is -2.22. The molecule has 0 saturated heterocycles. The van der Waals surface area contributed by atoms with Gasteiger partial charge in [-0.05, 0) is 18.1 Å². The minimum atomic E-state index is -0.633. The minimum Gasteiger partial charge on any atom is -0.387 e. The van der Waals surface area contributed by atoms with Crippen molar-refractivity contribution in [2.24, 2.45) is 0 Å². The van der Waals surface area contributed by atoms with Crippen LogP contribution < -0.4 is 11.0 Å². The highest BCUT2D eigenvalue weighted by Gasteiger charge is 2.27. The topological polar surface area (TPSA) is 70.0 Å². The molecule has 2 aromatic carbocycles.